The number of piperidine rings is 1. The van der Waals surface area contributed by atoms with Crippen LogP contribution in [-0.2, 0) is 4.79 Å². The van der Waals surface area contributed by atoms with E-state index in [4.69, 9.17) is 16.3 Å². The van der Waals surface area contributed by atoms with Gasteiger partial charge in [-0.15, -0.1) is 11.8 Å². The summed E-state index contributed by atoms with van der Waals surface area (Å²) in [6.07, 6.45) is 1.48. The topological polar surface area (TPSA) is 62.7 Å². The number of thiophene rings is 1. The van der Waals surface area contributed by atoms with Crippen LogP contribution in [0.2, 0.25) is 5.02 Å². The molecule has 4 rings (SSSR count). The molecule has 1 aromatic carbocycles. The lowest BCUT2D eigenvalue weighted by atomic mass is 9.74. The van der Waals surface area contributed by atoms with Crippen molar-refractivity contribution >= 4 is 51.6 Å². The molecule has 0 unspecified atom stereocenters. The predicted molar refractivity (Wildman–Crippen MR) is 137 cm³/mol. The van der Waals surface area contributed by atoms with Crippen molar-refractivity contribution < 1.29 is 19.0 Å². The molecule has 1 saturated heterocycles. The second-order valence-electron chi connectivity index (χ2n) is 8.64. The first-order valence-electron chi connectivity index (χ1n) is 11.3. The average Bonchev–Trinajstić information content (AvgIpc) is 3.36. The Morgan fingerprint density at radius 2 is 2.18 bits per heavy atom. The third kappa shape index (κ3) is 5.67. The summed E-state index contributed by atoms with van der Waals surface area (Å²) < 4.78 is 20.9. The van der Waals surface area contributed by atoms with Crippen LogP contribution in [0, 0.1) is 5.41 Å². The molecular weight excluding hydrogens is 495 g/mol. The van der Waals surface area contributed by atoms with Crippen molar-refractivity contribution in [2.24, 2.45) is 5.41 Å². The molecule has 1 aliphatic rings. The van der Waals surface area contributed by atoms with Crippen LogP contribution >= 0.6 is 34.7 Å². The van der Waals surface area contributed by atoms with Crippen molar-refractivity contribution in [2.75, 3.05) is 32.5 Å². The summed E-state index contributed by atoms with van der Waals surface area (Å²) in [6, 6.07) is 7.39. The fourth-order valence-electron chi connectivity index (χ4n) is 4.56. The first-order valence-corrected chi connectivity index (χ1v) is 13.6. The lowest BCUT2D eigenvalue weighted by molar-refractivity contribution is -0.153. The summed E-state index contributed by atoms with van der Waals surface area (Å²) in [6.45, 7) is 2.34. The van der Waals surface area contributed by atoms with Crippen LogP contribution in [0.1, 0.15) is 37.4 Å². The van der Waals surface area contributed by atoms with E-state index >= 15 is 4.39 Å². The molecule has 0 amide bonds. The van der Waals surface area contributed by atoms with Crippen LogP contribution in [0.25, 0.3) is 10.9 Å². The number of halogens is 2. The molecule has 9 heteroatoms. The molecule has 182 valence electrons. The Morgan fingerprint density at radius 3 is 2.85 bits per heavy atom. The molecular formula is C25H28ClFN2O3S2. The number of thioether (sulfide) groups is 1. The van der Waals surface area contributed by atoms with Crippen LogP contribution in [-0.4, -0.2) is 53.5 Å². The monoisotopic (exact) mass is 522 g/mol. The number of hydrogen-bond acceptors (Lipinski definition) is 6. The van der Waals surface area contributed by atoms with Gasteiger partial charge in [0.25, 0.3) is 0 Å². The quantitative estimate of drug-likeness (QED) is 0.299. The van der Waals surface area contributed by atoms with Gasteiger partial charge in [-0.2, -0.15) is 11.3 Å². The number of fused-ring (bicyclic) bond motifs is 1. The number of likely N-dealkylation sites (tertiary alicyclic amines) is 1. The fourth-order valence-corrected chi connectivity index (χ4v) is 6.62. The van der Waals surface area contributed by atoms with E-state index < -0.39 is 17.6 Å². The molecule has 1 aliphatic heterocycles. The number of ether oxygens (including phenoxy) is 1. The Morgan fingerprint density at radius 1 is 1.38 bits per heavy atom. The van der Waals surface area contributed by atoms with Crippen LogP contribution in [0.5, 0.6) is 5.75 Å². The van der Waals surface area contributed by atoms with Gasteiger partial charge in [0.15, 0.2) is 0 Å². The maximum absolute atomic E-state index is 15.6. The zero-order valence-electron chi connectivity index (χ0n) is 19.0. The largest absolute Gasteiger partial charge is 0.497 e. The molecule has 3 aromatic rings. The van der Waals surface area contributed by atoms with Crippen molar-refractivity contribution in [3.8, 4) is 5.75 Å². The number of pyridine rings is 1. The lowest BCUT2D eigenvalue weighted by Crippen LogP contribution is -2.45. The summed E-state index contributed by atoms with van der Waals surface area (Å²) >= 11 is 9.86. The molecule has 2 aromatic heterocycles. The predicted octanol–water partition coefficient (Wildman–Crippen LogP) is 6.71. The summed E-state index contributed by atoms with van der Waals surface area (Å²) in [4.78, 5) is 20.1. The molecule has 1 N–H and O–H groups in total. The second kappa shape index (κ2) is 11.2. The Balaban J connectivity index is 1.39. The lowest BCUT2D eigenvalue weighted by Gasteiger charge is -2.39. The molecule has 0 radical (unpaired) electrons. The average molecular weight is 523 g/mol. The number of rotatable bonds is 10. The Labute approximate surface area is 212 Å². The van der Waals surface area contributed by atoms with E-state index in [9.17, 15) is 9.90 Å². The number of benzene rings is 1. The maximum Gasteiger partial charge on any atom is 0.309 e. The number of alkyl halides is 1. The van der Waals surface area contributed by atoms with Crippen LogP contribution in [0.15, 0.2) is 46.1 Å². The van der Waals surface area contributed by atoms with Crippen LogP contribution in [0.3, 0.4) is 0 Å². The molecule has 5 nitrogen and oxygen atoms in total. The van der Waals surface area contributed by atoms with Gasteiger partial charge in [0.1, 0.15) is 11.9 Å². The maximum atomic E-state index is 15.6. The highest BCUT2D eigenvalue weighted by Crippen LogP contribution is 2.42. The first-order chi connectivity index (χ1) is 16.4. The summed E-state index contributed by atoms with van der Waals surface area (Å²) in [5.41, 5.74) is 0.0763. The molecule has 0 saturated carbocycles. The number of aliphatic carboxylic acids is 1. The first kappa shape index (κ1) is 25.2. The van der Waals surface area contributed by atoms with Crippen molar-refractivity contribution in [1.29, 1.82) is 0 Å². The fraction of sp³-hybridized carbons (Fsp3) is 0.440. The number of carbonyl (C=O) groups is 1. The van der Waals surface area contributed by atoms with Crippen molar-refractivity contribution in [2.45, 2.75) is 36.8 Å². The summed E-state index contributed by atoms with van der Waals surface area (Å²) in [5.74, 6) is 0.733. The van der Waals surface area contributed by atoms with E-state index in [-0.39, 0.29) is 17.9 Å². The van der Waals surface area contributed by atoms with Crippen molar-refractivity contribution in [3.63, 3.8) is 0 Å². The number of nitrogens with zero attached hydrogens (tertiary/aromatic N) is 2. The second-order valence-corrected chi connectivity index (χ2v) is 11.0. The van der Waals surface area contributed by atoms with Gasteiger partial charge >= 0.3 is 5.97 Å². The SMILES string of the molecule is COc1ccc2ncc(Cl)c([C@H](F)CCC3(C(=O)O)CCN(CCSc4ccsc4)CC3)c2c1. The van der Waals surface area contributed by atoms with Crippen LogP contribution in [0.4, 0.5) is 4.39 Å². The van der Waals surface area contributed by atoms with E-state index in [1.165, 1.54) is 11.1 Å². The highest BCUT2D eigenvalue weighted by Gasteiger charge is 2.41. The third-order valence-electron chi connectivity index (χ3n) is 6.70. The zero-order valence-corrected chi connectivity index (χ0v) is 21.4. The Kier molecular flexibility index (Phi) is 8.34. The smallest absolute Gasteiger partial charge is 0.309 e. The van der Waals surface area contributed by atoms with Gasteiger partial charge in [-0.3, -0.25) is 9.78 Å². The minimum absolute atomic E-state index is 0.0936. The van der Waals surface area contributed by atoms with Gasteiger partial charge in [-0.1, -0.05) is 11.6 Å². The number of carboxylic acid groups (broad SMARTS) is 1. The Hall–Kier alpha value is -1.87. The highest BCUT2D eigenvalue weighted by atomic mass is 35.5. The van der Waals surface area contributed by atoms with Gasteiger partial charge in [-0.25, -0.2) is 4.39 Å². The number of carboxylic acids is 1. The van der Waals surface area contributed by atoms with E-state index in [0.29, 0.717) is 48.1 Å². The normalized spacial score (nSPS) is 17.0. The van der Waals surface area contributed by atoms with E-state index in [0.717, 1.165) is 12.3 Å². The third-order valence-corrected chi connectivity index (χ3v) is 8.80. The number of hydrogen-bond donors (Lipinski definition) is 1. The van der Waals surface area contributed by atoms with Gasteiger partial charge < -0.3 is 14.7 Å². The minimum Gasteiger partial charge on any atom is -0.497 e. The molecule has 34 heavy (non-hydrogen) atoms. The van der Waals surface area contributed by atoms with Gasteiger partial charge in [0.05, 0.1) is 23.1 Å². The summed E-state index contributed by atoms with van der Waals surface area (Å²) in [7, 11) is 1.55. The van der Waals surface area contributed by atoms with Gasteiger partial charge in [0, 0.05) is 39.7 Å². The van der Waals surface area contributed by atoms with Gasteiger partial charge in [-0.05, 0) is 68.4 Å². The highest BCUT2D eigenvalue weighted by molar-refractivity contribution is 7.99. The molecule has 1 atom stereocenters. The van der Waals surface area contributed by atoms with E-state index in [1.54, 1.807) is 36.6 Å². The zero-order chi connectivity index (χ0) is 24.1. The molecule has 3 heterocycles. The molecule has 0 aliphatic carbocycles. The molecule has 1 fully saturated rings. The molecule has 0 bridgehead atoms. The van der Waals surface area contributed by atoms with E-state index in [2.05, 4.69) is 26.7 Å². The van der Waals surface area contributed by atoms with Crippen molar-refractivity contribution in [1.82, 2.24) is 9.88 Å². The standard InChI is InChI=1S/C25H28ClFN2O3S2/c1-32-17-2-3-22-19(14-17)23(20(26)15-28-22)21(27)4-6-25(24(30)31)7-9-29(10-8-25)11-13-34-18-5-12-33-16-18/h2-3,5,12,14-16,21H,4,6-11,13H2,1H3,(H,30,31)/t21-/m1/s1. The molecule has 0 spiro atoms. The van der Waals surface area contributed by atoms with Crippen molar-refractivity contribution in [3.05, 3.63) is 51.8 Å². The minimum atomic E-state index is -1.39. The van der Waals surface area contributed by atoms with E-state index in [1.807, 2.05) is 11.8 Å². The Bertz CT molecular complexity index is 1120. The van der Waals surface area contributed by atoms with Crippen LogP contribution < -0.4 is 4.74 Å². The number of aromatic nitrogens is 1. The number of methoxy groups -OCH3 is 1. The summed E-state index contributed by atoms with van der Waals surface area (Å²) in [5, 5.41) is 15.1. The van der Waals surface area contributed by atoms with Gasteiger partial charge in [0.2, 0.25) is 0 Å².